The van der Waals surface area contributed by atoms with Gasteiger partial charge in [-0.25, -0.2) is 0 Å². The number of primary amides is 1. The molecule has 0 fully saturated rings. The number of hydrogen-bond donors (Lipinski definition) is 13. The summed E-state index contributed by atoms with van der Waals surface area (Å²) in [7, 11) is -0.861. The number of nitrogens with one attached hydrogen (secondary N) is 6. The van der Waals surface area contributed by atoms with Gasteiger partial charge in [-0.2, -0.15) is 0 Å². The van der Waals surface area contributed by atoms with E-state index < -0.39 is 117 Å². The van der Waals surface area contributed by atoms with Gasteiger partial charge in [0.2, 0.25) is 29.5 Å². The molecule has 0 spiro atoms. The van der Waals surface area contributed by atoms with E-state index in [4.69, 9.17) is 27.2 Å². The van der Waals surface area contributed by atoms with Crippen molar-refractivity contribution >= 4 is 54.4 Å². The van der Waals surface area contributed by atoms with E-state index in [1.165, 1.54) is 0 Å². The van der Waals surface area contributed by atoms with Crippen LogP contribution in [0.25, 0.3) is 0 Å². The second-order valence-electron chi connectivity index (χ2n) is 12.6. The molecule has 0 aliphatic carbocycles. The monoisotopic (exact) mass is 780 g/mol. The number of amides is 8. The molecular weight excluding hydrogens is 727 g/mol. The van der Waals surface area contributed by atoms with E-state index in [0.29, 0.717) is 0 Å². The van der Waals surface area contributed by atoms with Crippen LogP contribution in [0.3, 0.4) is 0 Å². The van der Waals surface area contributed by atoms with Gasteiger partial charge in [-0.15, -0.1) is 0 Å². The van der Waals surface area contributed by atoms with Crippen molar-refractivity contribution in [3.05, 3.63) is 35.4 Å². The summed E-state index contributed by atoms with van der Waals surface area (Å²) < 4.78 is 0. The molecular formula is C32H53BN10O12. The van der Waals surface area contributed by atoms with E-state index in [2.05, 4.69) is 28.2 Å². The largest absolute Gasteiger partial charge is 0.472 e. The zero-order valence-electron chi connectivity index (χ0n) is 30.9. The highest BCUT2D eigenvalue weighted by atomic mass is 16.4. The van der Waals surface area contributed by atoms with Crippen LogP contribution in [-0.4, -0.2) is 143 Å². The van der Waals surface area contributed by atoms with Gasteiger partial charge in [-0.3, -0.25) is 38.4 Å². The number of benzene rings is 1. The van der Waals surface area contributed by atoms with Gasteiger partial charge in [0, 0.05) is 12.6 Å². The van der Waals surface area contributed by atoms with E-state index in [-0.39, 0.29) is 5.56 Å². The van der Waals surface area contributed by atoms with E-state index in [9.17, 15) is 48.6 Å². The SMILES string of the molecule is CCCCCCc1ccc(C(=O)N[C@H](CO)C(=O)N[C@H](N)C(=O)NCC(=O)N(C)[C@H](C(=O)N[C@@H](N)C(=O)N[C@@H](CC(N)=O)C(=O)NCB(O)O)C(C)O)cc1. The lowest BCUT2D eigenvalue weighted by atomic mass is 9.92. The molecule has 1 unspecified atom stereocenters. The van der Waals surface area contributed by atoms with Crippen molar-refractivity contribution in [2.75, 3.05) is 26.6 Å². The number of carbonyl (C=O) groups is 8. The zero-order valence-corrected chi connectivity index (χ0v) is 30.9. The van der Waals surface area contributed by atoms with Gasteiger partial charge >= 0.3 is 7.12 Å². The van der Waals surface area contributed by atoms with Gasteiger partial charge in [0.25, 0.3) is 17.7 Å². The number of hydrogen-bond acceptors (Lipinski definition) is 14. The van der Waals surface area contributed by atoms with Crippen molar-refractivity contribution in [3.63, 3.8) is 0 Å². The molecule has 0 bridgehead atoms. The fourth-order valence-electron chi connectivity index (χ4n) is 4.90. The molecule has 0 aliphatic heterocycles. The summed E-state index contributed by atoms with van der Waals surface area (Å²) in [5.74, 6) is -8.11. The molecule has 0 saturated carbocycles. The molecule has 0 heterocycles. The second kappa shape index (κ2) is 24.3. The highest BCUT2D eigenvalue weighted by Crippen LogP contribution is 2.10. The van der Waals surface area contributed by atoms with Crippen LogP contribution in [0.15, 0.2) is 24.3 Å². The Bertz CT molecular complexity index is 1480. The summed E-state index contributed by atoms with van der Waals surface area (Å²) in [6, 6.07) is 1.96. The van der Waals surface area contributed by atoms with E-state index in [1.807, 2.05) is 10.6 Å². The van der Waals surface area contributed by atoms with E-state index in [1.54, 1.807) is 24.3 Å². The minimum atomic E-state index is -1.94. The molecule has 6 atom stereocenters. The first-order valence-corrected chi connectivity index (χ1v) is 17.4. The number of rotatable bonds is 24. The molecule has 8 amide bonds. The van der Waals surface area contributed by atoms with Gasteiger partial charge in [0.15, 0.2) is 12.3 Å². The van der Waals surface area contributed by atoms with Crippen LogP contribution in [-0.2, 0) is 40.0 Å². The minimum Gasteiger partial charge on any atom is -0.426 e. The van der Waals surface area contributed by atoms with Crippen LogP contribution in [0.5, 0.6) is 0 Å². The number of unbranched alkanes of at least 4 members (excludes halogenated alkanes) is 3. The smallest absolute Gasteiger partial charge is 0.426 e. The Morgan fingerprint density at radius 1 is 0.782 bits per heavy atom. The highest BCUT2D eigenvalue weighted by molar-refractivity contribution is 6.41. The number of aryl methyl sites for hydroxylation is 1. The fraction of sp³-hybridized carbons (Fsp3) is 0.562. The third-order valence-corrected chi connectivity index (χ3v) is 7.95. The predicted octanol–water partition coefficient (Wildman–Crippen LogP) is -6.49. The molecule has 16 N–H and O–H groups in total. The van der Waals surface area contributed by atoms with Crippen LogP contribution in [0.4, 0.5) is 0 Å². The molecule has 0 aromatic heterocycles. The van der Waals surface area contributed by atoms with Gasteiger partial charge < -0.3 is 74.3 Å². The quantitative estimate of drug-likeness (QED) is 0.0264. The Labute approximate surface area is 317 Å². The zero-order chi connectivity index (χ0) is 41.8. The van der Waals surface area contributed by atoms with Crippen molar-refractivity contribution in [1.29, 1.82) is 0 Å². The van der Waals surface area contributed by atoms with Gasteiger partial charge in [-0.1, -0.05) is 38.3 Å². The molecule has 55 heavy (non-hydrogen) atoms. The summed E-state index contributed by atoms with van der Waals surface area (Å²) in [6.07, 6.45) is -1.40. The van der Waals surface area contributed by atoms with Crippen molar-refractivity contribution in [1.82, 2.24) is 36.8 Å². The van der Waals surface area contributed by atoms with E-state index in [0.717, 1.165) is 56.5 Å². The number of nitrogens with two attached hydrogens (primary N) is 3. The second-order valence-corrected chi connectivity index (χ2v) is 12.6. The third kappa shape index (κ3) is 17.2. The number of carbonyl (C=O) groups excluding carboxylic acids is 8. The molecule has 22 nitrogen and oxygen atoms in total. The molecule has 0 saturated heterocycles. The number of aliphatic hydroxyl groups excluding tert-OH is 2. The van der Waals surface area contributed by atoms with Crippen LogP contribution >= 0.6 is 0 Å². The Kier molecular flexibility index (Phi) is 21.1. The van der Waals surface area contributed by atoms with Crippen molar-refractivity contribution in [3.8, 4) is 0 Å². The third-order valence-electron chi connectivity index (χ3n) is 7.95. The van der Waals surface area contributed by atoms with Gasteiger partial charge in [0.1, 0.15) is 18.1 Å². The number of likely N-dealkylation sites (N-methyl/N-ethyl adjacent to an activating group) is 1. The maximum absolute atomic E-state index is 13.0. The van der Waals surface area contributed by atoms with Crippen LogP contribution in [0.1, 0.15) is 61.9 Å². The molecule has 23 heteroatoms. The lowest BCUT2D eigenvalue weighted by molar-refractivity contribution is -0.144. The van der Waals surface area contributed by atoms with Gasteiger partial charge in [-0.05, 0) is 37.5 Å². The van der Waals surface area contributed by atoms with Crippen LogP contribution in [0, 0.1) is 0 Å². The van der Waals surface area contributed by atoms with E-state index >= 15 is 0 Å². The first-order chi connectivity index (χ1) is 25.8. The summed E-state index contributed by atoms with van der Waals surface area (Å²) in [6.45, 7) is 1.61. The van der Waals surface area contributed by atoms with Crippen molar-refractivity contribution < 1.29 is 58.6 Å². The average molecular weight is 781 g/mol. The standard InChI is InChI=1S/C32H53BN10O12/c1-4-5-6-7-8-18-9-11-19(12-10-18)27(48)40-21(15-44)29(50)41-25(35)31(52)37-14-23(47)43(3)24(17(2)45)30(51)42-26(36)32(53)39-20(13-22(34)46)28(49)38-16-33(54)55/h9-12,17,20-21,24-26,44-45,54-55H,4-8,13-16,35-36H2,1-3H3,(H2,34,46)(H,37,52)(H,38,49)(H,39,53)(H,40,48)(H,41,50)(H,42,51)/t17?,20-,21+,24-,25-,26+/m0/s1. The molecule has 0 radical (unpaired) electrons. The lowest BCUT2D eigenvalue weighted by Crippen LogP contribution is -2.62. The summed E-state index contributed by atoms with van der Waals surface area (Å²) in [4.78, 5) is 101. The highest BCUT2D eigenvalue weighted by Gasteiger charge is 2.34. The molecule has 306 valence electrons. The summed E-state index contributed by atoms with van der Waals surface area (Å²) in [5.41, 5.74) is 17.8. The lowest BCUT2D eigenvalue weighted by Gasteiger charge is -2.30. The van der Waals surface area contributed by atoms with Gasteiger partial charge in [0.05, 0.1) is 32.1 Å². The Morgan fingerprint density at radius 2 is 1.38 bits per heavy atom. The Morgan fingerprint density at radius 3 is 1.93 bits per heavy atom. The fourth-order valence-corrected chi connectivity index (χ4v) is 4.90. The van der Waals surface area contributed by atoms with Crippen LogP contribution in [0.2, 0.25) is 0 Å². The predicted molar refractivity (Wildman–Crippen MR) is 195 cm³/mol. The topological polar surface area (TPSA) is 371 Å². The van der Waals surface area contributed by atoms with Crippen molar-refractivity contribution in [2.24, 2.45) is 17.2 Å². The van der Waals surface area contributed by atoms with Crippen molar-refractivity contribution in [2.45, 2.75) is 88.9 Å². The first-order valence-electron chi connectivity index (χ1n) is 17.4. The van der Waals surface area contributed by atoms with Crippen LogP contribution < -0.4 is 49.1 Å². The Balaban J connectivity index is 2.75. The minimum absolute atomic E-state index is 0.234. The number of aliphatic hydroxyl groups is 2. The Hall–Kier alpha value is -5.20. The maximum atomic E-state index is 13.0. The number of nitrogens with zero attached hydrogens (tertiary/aromatic N) is 1. The average Bonchev–Trinajstić information content (AvgIpc) is 3.12. The normalized spacial score (nSPS) is 14.1. The molecule has 1 rings (SSSR count). The molecule has 0 aliphatic rings. The first kappa shape index (κ1) is 47.8. The molecule has 1 aromatic rings. The summed E-state index contributed by atoms with van der Waals surface area (Å²) in [5, 5.41) is 50.6. The molecule has 1 aromatic carbocycles. The summed E-state index contributed by atoms with van der Waals surface area (Å²) >= 11 is 0. The maximum Gasteiger partial charge on any atom is 0.472 e.